The van der Waals surface area contributed by atoms with Crippen LogP contribution in [0.2, 0.25) is 0 Å². The van der Waals surface area contributed by atoms with Crippen molar-refractivity contribution in [1.29, 1.82) is 0 Å². The molecule has 0 aliphatic heterocycles. The van der Waals surface area contributed by atoms with Crippen molar-refractivity contribution >= 4 is 5.69 Å². The van der Waals surface area contributed by atoms with Crippen LogP contribution < -0.4 is 10.2 Å². The van der Waals surface area contributed by atoms with Crippen LogP contribution >= 0.6 is 0 Å². The number of nitrogens with one attached hydrogen (secondary N) is 1. The van der Waals surface area contributed by atoms with Crippen molar-refractivity contribution in [3.05, 3.63) is 29.3 Å². The maximum atomic E-state index is 12.9. The van der Waals surface area contributed by atoms with E-state index in [1.165, 1.54) is 19.2 Å². The summed E-state index contributed by atoms with van der Waals surface area (Å²) in [6, 6.07) is 3.69. The Hall–Kier alpha value is -1.37. The fourth-order valence-corrected chi connectivity index (χ4v) is 1.76. The van der Waals surface area contributed by atoms with E-state index < -0.39 is 24.7 Å². The first kappa shape index (κ1) is 15.7. The van der Waals surface area contributed by atoms with Crippen molar-refractivity contribution in [2.45, 2.75) is 19.1 Å². The molecule has 2 nitrogen and oxygen atoms in total. The van der Waals surface area contributed by atoms with Gasteiger partial charge in [-0.2, -0.15) is 13.2 Å². The monoisotopic (exact) mass is 282 g/mol. The average molecular weight is 282 g/mol. The van der Waals surface area contributed by atoms with E-state index in [4.69, 9.17) is 0 Å². The van der Waals surface area contributed by atoms with Crippen molar-refractivity contribution < 1.29 is 22.0 Å². The molecule has 0 aromatic heterocycles. The SMILES string of the molecule is CNCc1ccc(N(C)CC(F)F)c(C(F)(F)F)c1. The average Bonchev–Trinajstić information content (AvgIpc) is 2.27. The number of nitrogens with zero attached hydrogens (tertiary/aromatic N) is 1. The molecule has 0 radical (unpaired) electrons. The van der Waals surface area contributed by atoms with Crippen LogP contribution in [-0.4, -0.2) is 27.1 Å². The Morgan fingerprint density at radius 1 is 1.26 bits per heavy atom. The van der Waals surface area contributed by atoms with Gasteiger partial charge < -0.3 is 10.2 Å². The Balaban J connectivity index is 3.16. The van der Waals surface area contributed by atoms with E-state index in [0.717, 1.165) is 11.0 Å². The Bertz CT molecular complexity index is 417. The molecule has 0 saturated heterocycles. The molecule has 1 rings (SSSR count). The van der Waals surface area contributed by atoms with Crippen LogP contribution in [0.1, 0.15) is 11.1 Å². The second-order valence-corrected chi connectivity index (χ2v) is 4.15. The smallest absolute Gasteiger partial charge is 0.368 e. The number of halogens is 5. The first-order valence-corrected chi connectivity index (χ1v) is 5.59. The Labute approximate surface area is 108 Å². The van der Waals surface area contributed by atoms with Gasteiger partial charge >= 0.3 is 6.18 Å². The zero-order valence-electron chi connectivity index (χ0n) is 10.6. The molecule has 1 N–H and O–H groups in total. The van der Waals surface area contributed by atoms with Gasteiger partial charge in [-0.25, -0.2) is 8.78 Å². The van der Waals surface area contributed by atoms with E-state index in [1.54, 1.807) is 7.05 Å². The maximum Gasteiger partial charge on any atom is 0.418 e. The molecule has 0 saturated carbocycles. The molecule has 0 aliphatic carbocycles. The molecular weight excluding hydrogens is 267 g/mol. The summed E-state index contributed by atoms with van der Waals surface area (Å²) in [7, 11) is 2.83. The second-order valence-electron chi connectivity index (χ2n) is 4.15. The number of hydrogen-bond acceptors (Lipinski definition) is 2. The van der Waals surface area contributed by atoms with Crippen LogP contribution in [0.25, 0.3) is 0 Å². The van der Waals surface area contributed by atoms with E-state index in [0.29, 0.717) is 5.56 Å². The minimum absolute atomic E-state index is 0.243. The molecule has 0 fully saturated rings. The number of alkyl halides is 5. The molecule has 0 amide bonds. The number of anilines is 1. The molecule has 1 aromatic rings. The van der Waals surface area contributed by atoms with Gasteiger partial charge in [-0.05, 0) is 24.7 Å². The predicted octanol–water partition coefficient (Wildman–Crippen LogP) is 3.13. The normalized spacial score (nSPS) is 12.0. The third-order valence-corrected chi connectivity index (χ3v) is 2.57. The standard InChI is InChI=1S/C12H15F5N2/c1-18-6-8-3-4-10(19(2)7-11(13)14)9(5-8)12(15,16)17/h3-5,11,18H,6-7H2,1-2H3. The highest BCUT2D eigenvalue weighted by Crippen LogP contribution is 2.37. The molecule has 1 aromatic carbocycles. The molecule has 0 bridgehead atoms. The molecule has 0 unspecified atom stereocenters. The van der Waals surface area contributed by atoms with E-state index in [-0.39, 0.29) is 12.2 Å². The minimum Gasteiger partial charge on any atom is -0.368 e. The summed E-state index contributed by atoms with van der Waals surface area (Å²) in [6.45, 7) is -0.462. The van der Waals surface area contributed by atoms with Crippen molar-refractivity contribution in [2.75, 3.05) is 25.5 Å². The quantitative estimate of drug-likeness (QED) is 0.835. The number of hydrogen-bond donors (Lipinski definition) is 1. The van der Waals surface area contributed by atoms with Gasteiger partial charge in [0.25, 0.3) is 6.43 Å². The molecule has 0 heterocycles. The molecule has 0 atom stereocenters. The Morgan fingerprint density at radius 3 is 2.37 bits per heavy atom. The third kappa shape index (κ3) is 4.34. The summed E-state index contributed by atoms with van der Waals surface area (Å²) < 4.78 is 63.3. The van der Waals surface area contributed by atoms with E-state index in [2.05, 4.69) is 5.32 Å². The number of rotatable bonds is 5. The summed E-state index contributed by atoms with van der Waals surface area (Å²) in [5, 5.41) is 2.74. The lowest BCUT2D eigenvalue weighted by Gasteiger charge is -2.23. The lowest BCUT2D eigenvalue weighted by molar-refractivity contribution is -0.137. The molecular formula is C12H15F5N2. The van der Waals surface area contributed by atoms with Gasteiger partial charge in [0.05, 0.1) is 12.1 Å². The molecule has 0 spiro atoms. The second kappa shape index (κ2) is 6.18. The molecule has 0 aliphatic rings. The summed E-state index contributed by atoms with van der Waals surface area (Å²) >= 11 is 0. The van der Waals surface area contributed by atoms with Gasteiger partial charge in [0.1, 0.15) is 0 Å². The van der Waals surface area contributed by atoms with Crippen molar-refractivity contribution in [3.8, 4) is 0 Å². The van der Waals surface area contributed by atoms with Crippen LogP contribution in [0.15, 0.2) is 18.2 Å². The summed E-state index contributed by atoms with van der Waals surface area (Å²) in [5.74, 6) is 0. The maximum absolute atomic E-state index is 12.9. The third-order valence-electron chi connectivity index (χ3n) is 2.57. The van der Waals surface area contributed by atoms with Crippen molar-refractivity contribution in [3.63, 3.8) is 0 Å². The van der Waals surface area contributed by atoms with Gasteiger partial charge in [0.2, 0.25) is 0 Å². The fraction of sp³-hybridized carbons (Fsp3) is 0.500. The van der Waals surface area contributed by atoms with Gasteiger partial charge in [0.15, 0.2) is 0 Å². The van der Waals surface area contributed by atoms with E-state index in [1.807, 2.05) is 0 Å². The predicted molar refractivity (Wildman–Crippen MR) is 63.5 cm³/mol. The summed E-state index contributed by atoms with van der Waals surface area (Å²) in [4.78, 5) is 0.913. The zero-order chi connectivity index (χ0) is 14.6. The van der Waals surface area contributed by atoms with Crippen LogP contribution in [0, 0.1) is 0 Å². The van der Waals surface area contributed by atoms with Gasteiger partial charge in [-0.1, -0.05) is 6.07 Å². The van der Waals surface area contributed by atoms with Crippen molar-refractivity contribution in [2.24, 2.45) is 0 Å². The first-order valence-electron chi connectivity index (χ1n) is 5.59. The zero-order valence-corrected chi connectivity index (χ0v) is 10.6. The molecule has 108 valence electrons. The lowest BCUT2D eigenvalue weighted by Crippen LogP contribution is -2.26. The first-order chi connectivity index (χ1) is 8.75. The molecule has 7 heteroatoms. The highest BCUT2D eigenvalue weighted by molar-refractivity contribution is 5.56. The fourth-order valence-electron chi connectivity index (χ4n) is 1.76. The van der Waals surface area contributed by atoms with Gasteiger partial charge in [0, 0.05) is 19.3 Å². The van der Waals surface area contributed by atoms with Crippen LogP contribution in [0.5, 0.6) is 0 Å². The summed E-state index contributed by atoms with van der Waals surface area (Å²) in [5.41, 5.74) is -0.694. The van der Waals surface area contributed by atoms with Gasteiger partial charge in [-0.3, -0.25) is 0 Å². The topological polar surface area (TPSA) is 15.3 Å². The highest BCUT2D eigenvalue weighted by atomic mass is 19.4. The van der Waals surface area contributed by atoms with Gasteiger partial charge in [-0.15, -0.1) is 0 Å². The Morgan fingerprint density at radius 2 is 1.89 bits per heavy atom. The van der Waals surface area contributed by atoms with E-state index >= 15 is 0 Å². The van der Waals surface area contributed by atoms with Crippen LogP contribution in [-0.2, 0) is 12.7 Å². The largest absolute Gasteiger partial charge is 0.418 e. The molecule has 19 heavy (non-hydrogen) atoms. The Kier molecular flexibility index (Phi) is 5.11. The van der Waals surface area contributed by atoms with Crippen molar-refractivity contribution in [1.82, 2.24) is 5.32 Å². The minimum atomic E-state index is -4.57. The highest BCUT2D eigenvalue weighted by Gasteiger charge is 2.35. The van der Waals surface area contributed by atoms with Crippen LogP contribution in [0.3, 0.4) is 0 Å². The summed E-state index contributed by atoms with van der Waals surface area (Å²) in [6.07, 6.45) is -7.27. The lowest BCUT2D eigenvalue weighted by atomic mass is 10.1. The van der Waals surface area contributed by atoms with Crippen LogP contribution in [0.4, 0.5) is 27.6 Å². The van der Waals surface area contributed by atoms with E-state index in [9.17, 15) is 22.0 Å². The number of benzene rings is 1.